The molecule has 1 aliphatic heterocycles. The number of rotatable bonds is 5. The van der Waals surface area contributed by atoms with E-state index in [-0.39, 0.29) is 29.5 Å². The van der Waals surface area contributed by atoms with E-state index in [0.717, 1.165) is 0 Å². The van der Waals surface area contributed by atoms with Gasteiger partial charge in [-0.15, -0.1) is 0 Å². The Kier molecular flexibility index (Phi) is 5.20. The first-order valence-corrected chi connectivity index (χ1v) is 9.53. The van der Waals surface area contributed by atoms with E-state index in [4.69, 9.17) is 5.73 Å². The van der Waals surface area contributed by atoms with Crippen molar-refractivity contribution < 1.29 is 19.5 Å². The molecule has 3 aromatic rings. The number of ketones is 1. The van der Waals surface area contributed by atoms with Crippen molar-refractivity contribution in [3.8, 4) is 5.75 Å². The van der Waals surface area contributed by atoms with E-state index >= 15 is 0 Å². The number of aromatic nitrogens is 2. The van der Waals surface area contributed by atoms with Gasteiger partial charge in [-0.05, 0) is 30.3 Å². The van der Waals surface area contributed by atoms with Crippen LogP contribution in [0.5, 0.6) is 5.75 Å². The maximum absolute atomic E-state index is 12.9. The lowest BCUT2D eigenvalue weighted by Crippen LogP contribution is -2.50. The SMILES string of the molecule is NC(=O)c1cc(C(=O)CN2CCN(C(=O)c3cccn4ccnc34)CC2)ccc1O. The highest BCUT2D eigenvalue weighted by atomic mass is 16.3. The molecule has 30 heavy (non-hydrogen) atoms. The normalized spacial score (nSPS) is 14.7. The first kappa shape index (κ1) is 19.6. The summed E-state index contributed by atoms with van der Waals surface area (Å²) in [6, 6.07) is 7.65. The van der Waals surface area contributed by atoms with Crippen LogP contribution in [0.1, 0.15) is 31.1 Å². The Labute approximate surface area is 172 Å². The second-order valence-electron chi connectivity index (χ2n) is 7.17. The van der Waals surface area contributed by atoms with E-state index in [2.05, 4.69) is 4.98 Å². The van der Waals surface area contributed by atoms with Crippen LogP contribution in [0.3, 0.4) is 0 Å². The Bertz CT molecular complexity index is 1130. The molecule has 0 unspecified atom stereocenters. The molecule has 154 valence electrons. The number of Topliss-reactive ketones (excluding diaryl/α,β-unsaturated/α-hetero) is 1. The maximum atomic E-state index is 12.9. The van der Waals surface area contributed by atoms with Gasteiger partial charge in [-0.1, -0.05) is 0 Å². The third-order valence-corrected chi connectivity index (χ3v) is 5.26. The van der Waals surface area contributed by atoms with E-state index in [9.17, 15) is 19.5 Å². The topological polar surface area (TPSA) is 121 Å². The Morgan fingerprint density at radius 2 is 1.80 bits per heavy atom. The van der Waals surface area contributed by atoms with E-state index in [0.29, 0.717) is 43.0 Å². The van der Waals surface area contributed by atoms with Crippen molar-refractivity contribution in [3.63, 3.8) is 0 Å². The second-order valence-corrected chi connectivity index (χ2v) is 7.17. The minimum Gasteiger partial charge on any atom is -0.507 e. The smallest absolute Gasteiger partial charge is 0.257 e. The molecule has 0 atom stereocenters. The van der Waals surface area contributed by atoms with Gasteiger partial charge >= 0.3 is 0 Å². The van der Waals surface area contributed by atoms with Crippen LogP contribution in [0.2, 0.25) is 0 Å². The van der Waals surface area contributed by atoms with E-state index in [1.807, 2.05) is 17.2 Å². The highest BCUT2D eigenvalue weighted by molar-refractivity contribution is 6.02. The van der Waals surface area contributed by atoms with Crippen LogP contribution in [0.4, 0.5) is 0 Å². The summed E-state index contributed by atoms with van der Waals surface area (Å²) >= 11 is 0. The standard InChI is InChI=1S/C21H21N5O4/c22-19(29)16-12-14(3-4-17(16)27)18(28)13-24-8-10-26(11-9-24)21(30)15-2-1-6-25-7-5-23-20(15)25/h1-7,12,27H,8-11,13H2,(H2,22,29). The van der Waals surface area contributed by atoms with Crippen molar-refractivity contribution >= 4 is 23.2 Å². The molecule has 0 saturated carbocycles. The molecule has 2 amide bonds. The number of benzene rings is 1. The summed E-state index contributed by atoms with van der Waals surface area (Å²) < 4.78 is 1.81. The fraction of sp³-hybridized carbons (Fsp3) is 0.238. The van der Waals surface area contributed by atoms with Crippen LogP contribution in [0.15, 0.2) is 48.9 Å². The first-order chi connectivity index (χ1) is 14.4. The van der Waals surface area contributed by atoms with E-state index in [1.54, 1.807) is 27.8 Å². The van der Waals surface area contributed by atoms with Gasteiger partial charge in [0.25, 0.3) is 11.8 Å². The number of imidazole rings is 1. The molecule has 9 heteroatoms. The number of amides is 2. The summed E-state index contributed by atoms with van der Waals surface area (Å²) in [6.07, 6.45) is 5.29. The zero-order valence-electron chi connectivity index (χ0n) is 16.2. The first-order valence-electron chi connectivity index (χ1n) is 9.53. The van der Waals surface area contributed by atoms with Gasteiger partial charge in [0.2, 0.25) is 0 Å². The molecule has 0 spiro atoms. The van der Waals surface area contributed by atoms with Gasteiger partial charge in [0.1, 0.15) is 11.4 Å². The van der Waals surface area contributed by atoms with Crippen molar-refractivity contribution in [2.24, 2.45) is 5.73 Å². The van der Waals surface area contributed by atoms with Gasteiger partial charge in [0.15, 0.2) is 5.78 Å². The molecule has 3 N–H and O–H groups in total. The van der Waals surface area contributed by atoms with E-state index in [1.165, 1.54) is 18.2 Å². The molecule has 1 fully saturated rings. The van der Waals surface area contributed by atoms with Crippen molar-refractivity contribution in [1.29, 1.82) is 0 Å². The third-order valence-electron chi connectivity index (χ3n) is 5.26. The lowest BCUT2D eigenvalue weighted by atomic mass is 10.1. The molecular formula is C21H21N5O4. The van der Waals surface area contributed by atoms with Gasteiger partial charge in [-0.2, -0.15) is 0 Å². The lowest BCUT2D eigenvalue weighted by molar-refractivity contribution is 0.0625. The Morgan fingerprint density at radius 3 is 2.53 bits per heavy atom. The third kappa shape index (κ3) is 3.74. The van der Waals surface area contributed by atoms with Gasteiger partial charge in [-0.25, -0.2) is 4.98 Å². The average Bonchev–Trinajstić information content (AvgIpc) is 3.23. The summed E-state index contributed by atoms with van der Waals surface area (Å²) in [4.78, 5) is 44.8. The number of carbonyl (C=O) groups excluding carboxylic acids is 3. The summed E-state index contributed by atoms with van der Waals surface area (Å²) in [6.45, 7) is 2.25. The molecule has 1 aliphatic rings. The largest absolute Gasteiger partial charge is 0.507 e. The van der Waals surface area contributed by atoms with Gasteiger partial charge in [0.05, 0.1) is 17.7 Å². The van der Waals surface area contributed by atoms with Crippen molar-refractivity contribution in [1.82, 2.24) is 19.2 Å². The quantitative estimate of drug-likeness (QED) is 0.603. The van der Waals surface area contributed by atoms with Crippen LogP contribution in [0, 0.1) is 0 Å². The molecule has 1 aromatic carbocycles. The number of nitrogens with zero attached hydrogens (tertiary/aromatic N) is 4. The zero-order valence-corrected chi connectivity index (χ0v) is 16.2. The minimum atomic E-state index is -0.790. The van der Waals surface area contributed by atoms with Crippen molar-refractivity contribution in [3.05, 3.63) is 65.6 Å². The monoisotopic (exact) mass is 407 g/mol. The number of nitrogens with two attached hydrogens (primary N) is 1. The number of hydrogen-bond acceptors (Lipinski definition) is 6. The van der Waals surface area contributed by atoms with Gasteiger partial charge in [0, 0.05) is 50.3 Å². The van der Waals surface area contributed by atoms with Crippen LogP contribution in [-0.2, 0) is 0 Å². The maximum Gasteiger partial charge on any atom is 0.257 e. The van der Waals surface area contributed by atoms with Crippen LogP contribution >= 0.6 is 0 Å². The molecule has 3 heterocycles. The summed E-state index contributed by atoms with van der Waals surface area (Å²) in [7, 11) is 0. The predicted octanol–water partition coefficient (Wildman–Crippen LogP) is 0.779. The molecule has 1 saturated heterocycles. The number of carbonyl (C=O) groups is 3. The fourth-order valence-electron chi connectivity index (χ4n) is 3.60. The van der Waals surface area contributed by atoms with Gasteiger partial charge < -0.3 is 20.1 Å². The predicted molar refractivity (Wildman–Crippen MR) is 108 cm³/mol. The molecule has 0 aliphatic carbocycles. The number of hydrogen-bond donors (Lipinski definition) is 2. The Balaban J connectivity index is 1.38. The highest BCUT2D eigenvalue weighted by Crippen LogP contribution is 2.19. The number of primary amides is 1. The van der Waals surface area contributed by atoms with Crippen molar-refractivity contribution in [2.75, 3.05) is 32.7 Å². The lowest BCUT2D eigenvalue weighted by Gasteiger charge is -2.34. The summed E-state index contributed by atoms with van der Waals surface area (Å²) in [5.41, 5.74) is 6.63. The van der Waals surface area contributed by atoms with Crippen molar-refractivity contribution in [2.45, 2.75) is 0 Å². The molecule has 2 aromatic heterocycles. The molecular weight excluding hydrogens is 386 g/mol. The average molecular weight is 407 g/mol. The van der Waals surface area contributed by atoms with Crippen LogP contribution in [-0.4, -0.2) is 74.6 Å². The Morgan fingerprint density at radius 1 is 1.03 bits per heavy atom. The summed E-state index contributed by atoms with van der Waals surface area (Å²) in [5, 5.41) is 9.67. The molecule has 0 radical (unpaired) electrons. The number of fused-ring (bicyclic) bond motifs is 1. The number of piperazine rings is 1. The molecule has 9 nitrogen and oxygen atoms in total. The molecule has 4 rings (SSSR count). The van der Waals surface area contributed by atoms with Crippen LogP contribution in [0.25, 0.3) is 5.65 Å². The highest BCUT2D eigenvalue weighted by Gasteiger charge is 2.25. The number of phenols is 1. The second kappa shape index (κ2) is 7.96. The molecule has 0 bridgehead atoms. The van der Waals surface area contributed by atoms with E-state index < -0.39 is 5.91 Å². The number of aromatic hydroxyl groups is 1. The number of pyridine rings is 1. The summed E-state index contributed by atoms with van der Waals surface area (Å²) in [5.74, 6) is -1.30. The fourth-order valence-corrected chi connectivity index (χ4v) is 3.60. The zero-order chi connectivity index (χ0) is 21.3. The van der Waals surface area contributed by atoms with Crippen LogP contribution < -0.4 is 5.73 Å². The minimum absolute atomic E-state index is 0.0792. The van der Waals surface area contributed by atoms with Gasteiger partial charge in [-0.3, -0.25) is 19.3 Å². The Hall–Kier alpha value is -3.72.